The van der Waals surface area contributed by atoms with Crippen molar-refractivity contribution in [2.24, 2.45) is 0 Å². The van der Waals surface area contributed by atoms with E-state index in [0.29, 0.717) is 6.26 Å². The Morgan fingerprint density at radius 1 is 1.56 bits per heavy atom. The predicted octanol–water partition coefficient (Wildman–Crippen LogP) is -0.0333. The van der Waals surface area contributed by atoms with Gasteiger partial charge in [-0.05, 0) is 0 Å². The van der Waals surface area contributed by atoms with Gasteiger partial charge in [0, 0.05) is 6.92 Å². The van der Waals surface area contributed by atoms with Crippen molar-refractivity contribution in [1.29, 1.82) is 0 Å². The molecule has 0 atom stereocenters. The minimum Gasteiger partial charge on any atom is -0.288 e. The molecule has 0 heterocycles. The summed E-state index contributed by atoms with van der Waals surface area (Å²) in [5.41, 5.74) is 0. The van der Waals surface area contributed by atoms with Gasteiger partial charge in [-0.25, -0.2) is 0 Å². The Morgan fingerprint density at radius 2 is 1.56 bits per heavy atom. The van der Waals surface area contributed by atoms with E-state index in [1.807, 2.05) is 0 Å². The number of hydrogen-bond donors (Lipinski definition) is 2. The van der Waals surface area contributed by atoms with Gasteiger partial charge in [0.1, 0.15) is 0 Å². The molecule has 0 aliphatic rings. The minimum atomic E-state index is -3.67. The second-order valence-corrected chi connectivity index (χ2v) is 3.35. The van der Waals surface area contributed by atoms with Crippen LogP contribution in [0.15, 0.2) is 0 Å². The topological polar surface area (TPSA) is 71.4 Å². The SMILES string of the molecule is CC(=O)S.CS(=O)(=O)O. The summed E-state index contributed by atoms with van der Waals surface area (Å²) in [6.45, 7) is 1.39. The summed E-state index contributed by atoms with van der Waals surface area (Å²) in [4.78, 5) is 9.31. The van der Waals surface area contributed by atoms with Crippen molar-refractivity contribution in [3.63, 3.8) is 0 Å². The molecule has 1 N–H and O–H groups in total. The standard InChI is InChI=1S/C2H4OS.CH4O3S/c1-2(3)4;1-5(2,3)4/h1H3,(H,3,4);1H3,(H,2,3,4). The van der Waals surface area contributed by atoms with Crippen LogP contribution in [0.5, 0.6) is 0 Å². The van der Waals surface area contributed by atoms with Gasteiger partial charge >= 0.3 is 0 Å². The maximum Gasteiger partial charge on any atom is 0.261 e. The Kier molecular flexibility index (Phi) is 6.20. The molecule has 0 amide bonds. The normalized spacial score (nSPS) is 9.33. The largest absolute Gasteiger partial charge is 0.288 e. The molecule has 0 spiro atoms. The lowest BCUT2D eigenvalue weighted by atomic mass is 10.9. The van der Waals surface area contributed by atoms with E-state index in [0.717, 1.165) is 0 Å². The molecular formula is C3H8O4S2. The molecule has 6 heteroatoms. The Hall–Kier alpha value is -0.0700. The third-order valence-corrected chi connectivity index (χ3v) is 0. The quantitative estimate of drug-likeness (QED) is 0.397. The number of carbonyl (C=O) groups excluding carboxylic acids is 1. The number of carbonyl (C=O) groups is 1. The van der Waals surface area contributed by atoms with Crippen LogP contribution in [-0.4, -0.2) is 24.3 Å². The van der Waals surface area contributed by atoms with Gasteiger partial charge in [-0.15, -0.1) is 12.6 Å². The number of hydrogen-bond acceptors (Lipinski definition) is 3. The van der Waals surface area contributed by atoms with Crippen LogP contribution in [0.25, 0.3) is 0 Å². The fraction of sp³-hybridized carbons (Fsp3) is 0.667. The van der Waals surface area contributed by atoms with E-state index in [-0.39, 0.29) is 5.12 Å². The summed E-state index contributed by atoms with van der Waals surface area (Å²) in [5.74, 6) is 0. The Balaban J connectivity index is 0. The first-order chi connectivity index (χ1) is 3.73. The molecule has 56 valence electrons. The van der Waals surface area contributed by atoms with E-state index in [4.69, 9.17) is 4.55 Å². The third-order valence-electron chi connectivity index (χ3n) is 0. The molecule has 4 nitrogen and oxygen atoms in total. The maximum absolute atomic E-state index is 9.31. The molecule has 0 aromatic heterocycles. The fourth-order valence-electron chi connectivity index (χ4n) is 0. The summed E-state index contributed by atoms with van der Waals surface area (Å²) in [7, 11) is -3.67. The smallest absolute Gasteiger partial charge is 0.261 e. The van der Waals surface area contributed by atoms with Crippen LogP contribution in [0.2, 0.25) is 0 Å². The van der Waals surface area contributed by atoms with Crippen molar-refractivity contribution in [2.75, 3.05) is 6.26 Å². The van der Waals surface area contributed by atoms with Crippen LogP contribution in [0.4, 0.5) is 0 Å². The van der Waals surface area contributed by atoms with Crippen LogP contribution in [-0.2, 0) is 14.9 Å². The highest BCUT2D eigenvalue weighted by atomic mass is 32.2. The second-order valence-electron chi connectivity index (χ2n) is 1.25. The molecule has 0 rings (SSSR count). The maximum atomic E-state index is 9.31. The Bertz CT molecular complexity index is 156. The van der Waals surface area contributed by atoms with Gasteiger partial charge in [0.15, 0.2) is 5.12 Å². The highest BCUT2D eigenvalue weighted by Gasteiger charge is 1.81. The molecule has 0 unspecified atom stereocenters. The lowest BCUT2D eigenvalue weighted by Gasteiger charge is -1.69. The molecule has 0 bridgehead atoms. The van der Waals surface area contributed by atoms with Crippen molar-refractivity contribution < 1.29 is 17.8 Å². The van der Waals surface area contributed by atoms with Gasteiger partial charge in [0.2, 0.25) is 0 Å². The average molecular weight is 172 g/mol. The molecule has 0 aromatic carbocycles. The molecule has 0 saturated carbocycles. The van der Waals surface area contributed by atoms with Gasteiger partial charge in [0.25, 0.3) is 10.1 Å². The van der Waals surface area contributed by atoms with Crippen LogP contribution in [0.1, 0.15) is 6.92 Å². The zero-order chi connectivity index (χ0) is 8.08. The zero-order valence-corrected chi connectivity index (χ0v) is 6.74. The first-order valence-corrected chi connectivity index (χ1v) is 4.15. The third kappa shape index (κ3) is 56900. The predicted molar refractivity (Wildman–Crippen MR) is 37.1 cm³/mol. The van der Waals surface area contributed by atoms with Gasteiger partial charge < -0.3 is 0 Å². The minimum absolute atomic E-state index is 0.139. The van der Waals surface area contributed by atoms with E-state index in [1.54, 1.807) is 0 Å². The van der Waals surface area contributed by atoms with E-state index in [2.05, 4.69) is 12.6 Å². The van der Waals surface area contributed by atoms with E-state index >= 15 is 0 Å². The van der Waals surface area contributed by atoms with Gasteiger partial charge in [-0.2, -0.15) is 8.42 Å². The van der Waals surface area contributed by atoms with Gasteiger partial charge in [0.05, 0.1) is 6.26 Å². The second kappa shape index (κ2) is 4.78. The van der Waals surface area contributed by atoms with Crippen LogP contribution in [0, 0.1) is 0 Å². The molecule has 0 aliphatic heterocycles. The summed E-state index contributed by atoms with van der Waals surface area (Å²) in [5, 5.41) is -0.139. The Morgan fingerprint density at radius 3 is 1.56 bits per heavy atom. The number of thiol groups is 1. The lowest BCUT2D eigenvalue weighted by molar-refractivity contribution is -0.108. The highest BCUT2D eigenvalue weighted by Crippen LogP contribution is 1.66. The number of rotatable bonds is 0. The van der Waals surface area contributed by atoms with Crippen LogP contribution < -0.4 is 0 Å². The molecule has 0 aliphatic carbocycles. The Labute approximate surface area is 59.4 Å². The van der Waals surface area contributed by atoms with Crippen LogP contribution >= 0.6 is 12.6 Å². The first kappa shape index (κ1) is 11.7. The summed E-state index contributed by atoms with van der Waals surface area (Å²) < 4.78 is 25.9. The average Bonchev–Trinajstić information content (AvgIpc) is 1.19. The van der Waals surface area contributed by atoms with Crippen molar-refractivity contribution in [3.05, 3.63) is 0 Å². The van der Waals surface area contributed by atoms with Crippen LogP contribution in [0.3, 0.4) is 0 Å². The zero-order valence-electron chi connectivity index (χ0n) is 5.03. The van der Waals surface area contributed by atoms with Gasteiger partial charge in [-0.1, -0.05) is 0 Å². The van der Waals surface area contributed by atoms with E-state index in [9.17, 15) is 13.2 Å². The molecular weight excluding hydrogens is 164 g/mol. The summed E-state index contributed by atoms with van der Waals surface area (Å²) >= 11 is 3.33. The van der Waals surface area contributed by atoms with Gasteiger partial charge in [-0.3, -0.25) is 9.35 Å². The molecule has 0 fully saturated rings. The molecule has 0 radical (unpaired) electrons. The molecule has 0 saturated heterocycles. The van der Waals surface area contributed by atoms with Crippen molar-refractivity contribution in [1.82, 2.24) is 0 Å². The van der Waals surface area contributed by atoms with E-state index < -0.39 is 10.1 Å². The summed E-state index contributed by atoms with van der Waals surface area (Å²) in [6.07, 6.45) is 0.715. The molecule has 0 aromatic rings. The first-order valence-electron chi connectivity index (χ1n) is 1.85. The molecule has 9 heavy (non-hydrogen) atoms. The fourth-order valence-corrected chi connectivity index (χ4v) is 0. The van der Waals surface area contributed by atoms with Crippen molar-refractivity contribution in [3.8, 4) is 0 Å². The monoisotopic (exact) mass is 172 g/mol. The van der Waals surface area contributed by atoms with Crippen molar-refractivity contribution >= 4 is 27.9 Å². The summed E-state index contributed by atoms with van der Waals surface area (Å²) in [6, 6.07) is 0. The van der Waals surface area contributed by atoms with E-state index in [1.165, 1.54) is 6.92 Å². The lowest BCUT2D eigenvalue weighted by Crippen LogP contribution is -1.88. The highest BCUT2D eigenvalue weighted by molar-refractivity contribution is 7.96. The van der Waals surface area contributed by atoms with Crippen molar-refractivity contribution in [2.45, 2.75) is 6.92 Å².